The molecule has 1 aromatic carbocycles. The molecule has 0 aromatic heterocycles. The Bertz CT molecular complexity index is 627. The van der Waals surface area contributed by atoms with Crippen molar-refractivity contribution in [2.24, 2.45) is 4.99 Å². The summed E-state index contributed by atoms with van der Waals surface area (Å²) in [6.07, 6.45) is 4.76. The normalized spacial score (nSPS) is 16.0. The van der Waals surface area contributed by atoms with Crippen LogP contribution in [0.5, 0.6) is 5.75 Å². The van der Waals surface area contributed by atoms with E-state index in [-0.39, 0.29) is 17.2 Å². The third-order valence-corrected chi connectivity index (χ3v) is 4.92. The van der Waals surface area contributed by atoms with Gasteiger partial charge in [0, 0.05) is 32.2 Å². The maximum absolute atomic E-state index is 12.1. The molecule has 0 atom stereocenters. The zero-order chi connectivity index (χ0) is 20.2. The predicted octanol–water partition coefficient (Wildman–Crippen LogP) is 1.94. The number of nitrogens with zero attached hydrogens (tertiary/aromatic N) is 2. The van der Waals surface area contributed by atoms with Crippen LogP contribution in [0.1, 0.15) is 49.9 Å². The first kappa shape index (κ1) is 22.0. The molecule has 0 saturated carbocycles. The molecule has 1 aliphatic rings. The van der Waals surface area contributed by atoms with Crippen molar-refractivity contribution in [2.75, 3.05) is 39.3 Å². The van der Waals surface area contributed by atoms with E-state index < -0.39 is 0 Å². The second-order valence-corrected chi connectivity index (χ2v) is 7.15. The first-order chi connectivity index (χ1) is 13.6. The summed E-state index contributed by atoms with van der Waals surface area (Å²) >= 11 is 0. The quantitative estimate of drug-likeness (QED) is 0.294. The van der Waals surface area contributed by atoms with Gasteiger partial charge in [-0.1, -0.05) is 25.5 Å². The Labute approximate surface area is 168 Å². The molecule has 0 spiro atoms. The molecule has 7 heteroatoms. The zero-order valence-corrected chi connectivity index (χ0v) is 17.2. The van der Waals surface area contributed by atoms with E-state index in [4.69, 9.17) is 0 Å². The molecule has 1 aliphatic heterocycles. The minimum atomic E-state index is -0.286. The average Bonchev–Trinajstić information content (AvgIpc) is 2.71. The molecule has 1 saturated heterocycles. The monoisotopic (exact) mass is 389 g/mol. The number of likely N-dealkylation sites (tertiary alicyclic amines) is 1. The molecule has 156 valence electrons. The van der Waals surface area contributed by atoms with E-state index in [1.165, 1.54) is 25.5 Å². The summed E-state index contributed by atoms with van der Waals surface area (Å²) < 4.78 is 0. The molecule has 4 N–H and O–H groups in total. The third kappa shape index (κ3) is 7.38. The second kappa shape index (κ2) is 12.2. The van der Waals surface area contributed by atoms with Gasteiger partial charge >= 0.3 is 0 Å². The van der Waals surface area contributed by atoms with Gasteiger partial charge in [-0.05, 0) is 44.9 Å². The van der Waals surface area contributed by atoms with E-state index in [1.807, 2.05) is 6.92 Å². The molecule has 28 heavy (non-hydrogen) atoms. The maximum Gasteiger partial charge on any atom is 0.255 e. The van der Waals surface area contributed by atoms with Crippen LogP contribution in [0.25, 0.3) is 0 Å². The predicted molar refractivity (Wildman–Crippen MR) is 114 cm³/mol. The fourth-order valence-electron chi connectivity index (χ4n) is 3.29. The number of rotatable bonds is 9. The van der Waals surface area contributed by atoms with Crippen molar-refractivity contribution in [3.8, 4) is 5.75 Å². The van der Waals surface area contributed by atoms with Crippen molar-refractivity contribution in [1.82, 2.24) is 20.9 Å². The Balaban J connectivity index is 1.75. The highest BCUT2D eigenvalue weighted by Crippen LogP contribution is 2.14. The first-order valence-electron chi connectivity index (χ1n) is 10.5. The summed E-state index contributed by atoms with van der Waals surface area (Å²) in [6, 6.07) is 6.97. The number of para-hydroxylation sites is 1. The van der Waals surface area contributed by atoms with E-state index in [2.05, 4.69) is 32.8 Å². The molecular weight excluding hydrogens is 354 g/mol. The number of carbonyl (C=O) groups excluding carboxylic acids is 1. The smallest absolute Gasteiger partial charge is 0.255 e. The van der Waals surface area contributed by atoms with Crippen LogP contribution in [-0.4, -0.2) is 67.2 Å². The number of piperidine rings is 1. The van der Waals surface area contributed by atoms with Gasteiger partial charge in [-0.25, -0.2) is 0 Å². The first-order valence-corrected chi connectivity index (χ1v) is 10.5. The minimum absolute atomic E-state index is 0.0104. The standard InChI is InChI=1S/C21H35N5O2/c1-3-5-14-26-15-10-17(11-16-26)25-21(22-4-2)24-13-12-23-20(28)18-8-6-7-9-19(18)27/h6-9,17,27H,3-5,10-16H2,1-2H3,(H,23,28)(H2,22,24,25). The Kier molecular flexibility index (Phi) is 9.62. The average molecular weight is 390 g/mol. The maximum atomic E-state index is 12.1. The van der Waals surface area contributed by atoms with Crippen molar-refractivity contribution in [3.63, 3.8) is 0 Å². The van der Waals surface area contributed by atoms with Gasteiger partial charge in [-0.3, -0.25) is 9.79 Å². The lowest BCUT2D eigenvalue weighted by atomic mass is 10.0. The fourth-order valence-corrected chi connectivity index (χ4v) is 3.29. The van der Waals surface area contributed by atoms with Gasteiger partial charge in [-0.2, -0.15) is 0 Å². The molecule has 7 nitrogen and oxygen atoms in total. The summed E-state index contributed by atoms with van der Waals surface area (Å²) in [4.78, 5) is 19.2. The highest BCUT2D eigenvalue weighted by atomic mass is 16.3. The number of carbonyl (C=O) groups is 1. The summed E-state index contributed by atoms with van der Waals surface area (Å²) in [5.74, 6) is 0.501. The van der Waals surface area contributed by atoms with Crippen LogP contribution < -0.4 is 16.0 Å². The summed E-state index contributed by atoms with van der Waals surface area (Å²) in [7, 11) is 0. The van der Waals surface area contributed by atoms with Crippen LogP contribution in [0.3, 0.4) is 0 Å². The number of benzene rings is 1. The number of hydrogen-bond donors (Lipinski definition) is 4. The fraction of sp³-hybridized carbons (Fsp3) is 0.619. The Morgan fingerprint density at radius 2 is 1.96 bits per heavy atom. The number of unbranched alkanes of at least 4 members (excludes halogenated alkanes) is 1. The van der Waals surface area contributed by atoms with Crippen LogP contribution >= 0.6 is 0 Å². The van der Waals surface area contributed by atoms with Gasteiger partial charge in [0.15, 0.2) is 5.96 Å². The lowest BCUT2D eigenvalue weighted by Gasteiger charge is -2.33. The number of hydrogen-bond acceptors (Lipinski definition) is 4. The number of phenols is 1. The number of phenolic OH excluding ortho intramolecular Hbond substituents is 1. The van der Waals surface area contributed by atoms with Crippen LogP contribution in [0.15, 0.2) is 29.3 Å². The molecule has 1 fully saturated rings. The van der Waals surface area contributed by atoms with Crippen molar-refractivity contribution in [1.29, 1.82) is 0 Å². The van der Waals surface area contributed by atoms with E-state index in [0.29, 0.717) is 19.1 Å². The van der Waals surface area contributed by atoms with Gasteiger partial charge in [0.1, 0.15) is 5.75 Å². The molecule has 0 radical (unpaired) electrons. The third-order valence-electron chi connectivity index (χ3n) is 4.92. The highest BCUT2D eigenvalue weighted by molar-refractivity contribution is 5.96. The largest absolute Gasteiger partial charge is 0.507 e. The lowest BCUT2D eigenvalue weighted by Crippen LogP contribution is -2.49. The van der Waals surface area contributed by atoms with Crippen molar-refractivity contribution >= 4 is 11.9 Å². The number of nitrogens with one attached hydrogen (secondary N) is 3. The molecule has 0 unspecified atom stereocenters. The molecule has 1 amide bonds. The number of amides is 1. The molecule has 2 rings (SSSR count). The Morgan fingerprint density at radius 3 is 2.64 bits per heavy atom. The van der Waals surface area contributed by atoms with Crippen molar-refractivity contribution in [2.45, 2.75) is 45.6 Å². The molecular formula is C21H35N5O2. The zero-order valence-electron chi connectivity index (χ0n) is 17.2. The number of aromatic hydroxyl groups is 1. The van der Waals surface area contributed by atoms with Crippen LogP contribution in [-0.2, 0) is 0 Å². The number of guanidine groups is 1. The van der Waals surface area contributed by atoms with Crippen LogP contribution in [0.2, 0.25) is 0 Å². The molecule has 0 aliphatic carbocycles. The van der Waals surface area contributed by atoms with E-state index in [1.54, 1.807) is 18.2 Å². The van der Waals surface area contributed by atoms with E-state index in [9.17, 15) is 9.90 Å². The van der Waals surface area contributed by atoms with Gasteiger partial charge in [0.2, 0.25) is 0 Å². The Hall–Kier alpha value is -2.28. The van der Waals surface area contributed by atoms with Gasteiger partial charge in [0.25, 0.3) is 5.91 Å². The Morgan fingerprint density at radius 1 is 1.21 bits per heavy atom. The minimum Gasteiger partial charge on any atom is -0.507 e. The van der Waals surface area contributed by atoms with Crippen LogP contribution in [0.4, 0.5) is 0 Å². The van der Waals surface area contributed by atoms with Crippen molar-refractivity contribution < 1.29 is 9.90 Å². The second-order valence-electron chi connectivity index (χ2n) is 7.15. The highest BCUT2D eigenvalue weighted by Gasteiger charge is 2.19. The van der Waals surface area contributed by atoms with Gasteiger partial charge < -0.3 is 26.0 Å². The van der Waals surface area contributed by atoms with Gasteiger partial charge in [-0.15, -0.1) is 0 Å². The summed E-state index contributed by atoms with van der Waals surface area (Å²) in [5.41, 5.74) is 0.284. The molecule has 1 aromatic rings. The lowest BCUT2D eigenvalue weighted by molar-refractivity contribution is 0.0952. The van der Waals surface area contributed by atoms with E-state index >= 15 is 0 Å². The van der Waals surface area contributed by atoms with Crippen molar-refractivity contribution in [3.05, 3.63) is 29.8 Å². The SMILES string of the molecule is CCCCN1CCC(NC(=NCCNC(=O)c2ccccc2O)NCC)CC1. The summed E-state index contributed by atoms with van der Waals surface area (Å²) in [6.45, 7) is 9.44. The van der Waals surface area contributed by atoms with Gasteiger partial charge in [0.05, 0.1) is 12.1 Å². The summed E-state index contributed by atoms with van der Waals surface area (Å²) in [5, 5.41) is 19.3. The topological polar surface area (TPSA) is 89.0 Å². The van der Waals surface area contributed by atoms with E-state index in [0.717, 1.165) is 38.4 Å². The molecule has 1 heterocycles. The number of aliphatic imine (C=N–C) groups is 1. The molecule has 0 bridgehead atoms. The van der Waals surface area contributed by atoms with Crippen LogP contribution in [0, 0.1) is 0 Å².